The number of aromatic nitrogens is 1. The van der Waals surface area contributed by atoms with E-state index in [2.05, 4.69) is 31.1 Å². The molecule has 1 aliphatic heterocycles. The smallest absolute Gasteiger partial charge is 0.251 e. The van der Waals surface area contributed by atoms with Crippen LogP contribution in [0, 0.1) is 11.5 Å². The minimum atomic E-state index is -1.04. The van der Waals surface area contributed by atoms with Crippen molar-refractivity contribution in [2.24, 2.45) is 0 Å². The Hall–Kier alpha value is -3.48. The summed E-state index contributed by atoms with van der Waals surface area (Å²) in [6.07, 6.45) is 4.45. The van der Waals surface area contributed by atoms with Crippen molar-refractivity contribution in [2.75, 3.05) is 31.7 Å². The fourth-order valence-corrected chi connectivity index (χ4v) is 4.17. The first kappa shape index (κ1) is 26.1. The summed E-state index contributed by atoms with van der Waals surface area (Å²) in [5, 5.41) is 22.6. The van der Waals surface area contributed by atoms with Crippen LogP contribution in [0.1, 0.15) is 44.4 Å². The Balaban J connectivity index is 2.10. The van der Waals surface area contributed by atoms with Crippen LogP contribution in [0.2, 0.25) is 0 Å². The summed E-state index contributed by atoms with van der Waals surface area (Å²) in [6, 6.07) is 9.02. The van der Waals surface area contributed by atoms with E-state index in [9.17, 15) is 20.0 Å². The lowest BCUT2D eigenvalue weighted by Gasteiger charge is -2.34. The van der Waals surface area contributed by atoms with E-state index in [1.807, 2.05) is 30.5 Å². The Labute approximate surface area is 206 Å². The molecule has 2 amide bonds. The summed E-state index contributed by atoms with van der Waals surface area (Å²) in [4.78, 5) is 34.3. The van der Waals surface area contributed by atoms with Gasteiger partial charge in [-0.05, 0) is 29.2 Å². The quantitative estimate of drug-likeness (QED) is 0.440. The number of anilines is 1. The average Bonchev–Trinajstić information content (AvgIpc) is 3.23. The summed E-state index contributed by atoms with van der Waals surface area (Å²) in [5.74, 6) is -0.840. The number of ether oxygens (including phenoxy) is 1. The second-order valence-electron chi connectivity index (χ2n) is 9.64. The summed E-state index contributed by atoms with van der Waals surface area (Å²) in [7, 11) is 1.54. The van der Waals surface area contributed by atoms with E-state index in [4.69, 9.17) is 4.74 Å². The summed E-state index contributed by atoms with van der Waals surface area (Å²) >= 11 is 0. The van der Waals surface area contributed by atoms with Crippen molar-refractivity contribution in [3.8, 4) is 6.19 Å². The molecule has 1 aromatic heterocycles. The number of likely N-dealkylation sites (tertiary alicyclic amines) is 1. The van der Waals surface area contributed by atoms with Crippen LogP contribution in [-0.4, -0.2) is 65.8 Å². The molecule has 3 atom stereocenters. The van der Waals surface area contributed by atoms with Crippen molar-refractivity contribution in [3.05, 3.63) is 59.9 Å². The Kier molecular flexibility index (Phi) is 8.43. The van der Waals surface area contributed by atoms with Gasteiger partial charge < -0.3 is 15.2 Å². The number of nitrogens with one attached hydrogen (secondary N) is 1. The van der Waals surface area contributed by atoms with Crippen molar-refractivity contribution < 1.29 is 19.4 Å². The third-order valence-corrected chi connectivity index (χ3v) is 6.05. The van der Waals surface area contributed by atoms with Gasteiger partial charge in [-0.1, -0.05) is 39.0 Å². The minimum absolute atomic E-state index is 0.0707. The molecule has 2 heterocycles. The van der Waals surface area contributed by atoms with Crippen LogP contribution in [-0.2, 0) is 19.7 Å². The molecule has 0 unspecified atom stereocenters. The van der Waals surface area contributed by atoms with Gasteiger partial charge in [0.2, 0.25) is 5.91 Å². The van der Waals surface area contributed by atoms with Gasteiger partial charge in [0.15, 0.2) is 6.19 Å². The molecule has 186 valence electrons. The van der Waals surface area contributed by atoms with Gasteiger partial charge in [0, 0.05) is 43.7 Å². The number of aliphatic hydroxyl groups is 1. The molecule has 9 heteroatoms. The summed E-state index contributed by atoms with van der Waals surface area (Å²) in [6.45, 7) is 6.94. The van der Waals surface area contributed by atoms with E-state index in [0.29, 0.717) is 17.9 Å². The topological polar surface area (TPSA) is 119 Å². The number of benzene rings is 1. The average molecular weight is 480 g/mol. The number of β-amino-alcohol motifs (C(OH)–C–C–N with tert-alkyl or cyclic N) is 1. The number of pyridine rings is 1. The first-order chi connectivity index (χ1) is 16.7. The van der Waals surface area contributed by atoms with Crippen molar-refractivity contribution >= 4 is 17.5 Å². The predicted molar refractivity (Wildman–Crippen MR) is 131 cm³/mol. The molecule has 1 saturated heterocycles. The standard InChI is InChI=1S/C26H33N5O4/c1-26(2,3)19-7-9-20(10-8-19)31(25(34)22-14-21(32)16-30(22)17-27)23(18-6-5-11-28-15-18)24(33)29-12-13-35-4/h5-11,15,21-23,32H,12-14,16H2,1-4H3,(H,29,33)/t21-,22-,23-/m1/s1. The third kappa shape index (κ3) is 6.15. The lowest BCUT2D eigenvalue weighted by Crippen LogP contribution is -2.50. The monoisotopic (exact) mass is 479 g/mol. The Morgan fingerprint density at radius 2 is 2.03 bits per heavy atom. The van der Waals surface area contributed by atoms with Crippen LogP contribution in [0.4, 0.5) is 5.69 Å². The van der Waals surface area contributed by atoms with E-state index >= 15 is 0 Å². The van der Waals surface area contributed by atoms with Gasteiger partial charge in [0.1, 0.15) is 12.1 Å². The van der Waals surface area contributed by atoms with Gasteiger partial charge in [0.05, 0.1) is 19.3 Å². The summed E-state index contributed by atoms with van der Waals surface area (Å²) < 4.78 is 5.06. The predicted octanol–water partition coefficient (Wildman–Crippen LogP) is 2.13. The van der Waals surface area contributed by atoms with Gasteiger partial charge in [-0.3, -0.25) is 24.4 Å². The van der Waals surface area contributed by atoms with Crippen LogP contribution < -0.4 is 10.2 Å². The largest absolute Gasteiger partial charge is 0.391 e. The second kappa shape index (κ2) is 11.3. The molecule has 0 aliphatic carbocycles. The lowest BCUT2D eigenvalue weighted by molar-refractivity contribution is -0.128. The number of hydrogen-bond acceptors (Lipinski definition) is 7. The maximum Gasteiger partial charge on any atom is 0.251 e. The molecule has 3 rings (SSSR count). The fraction of sp³-hybridized carbons (Fsp3) is 0.462. The zero-order chi connectivity index (χ0) is 25.6. The van der Waals surface area contributed by atoms with Crippen LogP contribution in [0.25, 0.3) is 0 Å². The van der Waals surface area contributed by atoms with Gasteiger partial charge in [0.25, 0.3) is 5.91 Å². The number of nitriles is 1. The SMILES string of the molecule is COCCNC(=O)[C@@H](c1cccnc1)N(C(=O)[C@H]1C[C@@H](O)CN1C#N)c1ccc(C(C)(C)C)cc1. The molecule has 35 heavy (non-hydrogen) atoms. The number of hydrogen-bond donors (Lipinski definition) is 2. The first-order valence-electron chi connectivity index (χ1n) is 11.6. The van der Waals surface area contributed by atoms with Crippen LogP contribution >= 0.6 is 0 Å². The molecule has 0 saturated carbocycles. The van der Waals surface area contributed by atoms with Crippen molar-refractivity contribution in [3.63, 3.8) is 0 Å². The summed E-state index contributed by atoms with van der Waals surface area (Å²) in [5.41, 5.74) is 2.02. The number of rotatable bonds is 8. The Morgan fingerprint density at radius 3 is 2.60 bits per heavy atom. The molecule has 1 aliphatic rings. The zero-order valence-electron chi connectivity index (χ0n) is 20.6. The normalized spacial score (nSPS) is 18.6. The van der Waals surface area contributed by atoms with Gasteiger partial charge in [-0.15, -0.1) is 0 Å². The minimum Gasteiger partial charge on any atom is -0.391 e. The first-order valence-corrected chi connectivity index (χ1v) is 11.6. The Morgan fingerprint density at radius 1 is 1.31 bits per heavy atom. The maximum absolute atomic E-state index is 14.0. The highest BCUT2D eigenvalue weighted by atomic mass is 16.5. The van der Waals surface area contributed by atoms with E-state index < -0.39 is 30.0 Å². The number of carbonyl (C=O) groups excluding carboxylic acids is 2. The molecule has 1 fully saturated rings. The second-order valence-corrected chi connectivity index (χ2v) is 9.64. The van der Waals surface area contributed by atoms with Crippen molar-refractivity contribution in [2.45, 2.75) is 50.8 Å². The van der Waals surface area contributed by atoms with Crippen LogP contribution in [0.15, 0.2) is 48.8 Å². The molecule has 2 aromatic rings. The van der Waals surface area contributed by atoms with E-state index in [-0.39, 0.29) is 24.9 Å². The molecular weight excluding hydrogens is 446 g/mol. The van der Waals surface area contributed by atoms with E-state index in [0.717, 1.165) is 5.56 Å². The number of aliphatic hydroxyl groups excluding tert-OH is 1. The molecule has 1 aromatic carbocycles. The highest BCUT2D eigenvalue weighted by Gasteiger charge is 2.42. The molecular formula is C26H33N5O4. The molecule has 0 bridgehead atoms. The van der Waals surface area contributed by atoms with Gasteiger partial charge in [-0.25, -0.2) is 0 Å². The third-order valence-electron chi connectivity index (χ3n) is 6.05. The van der Waals surface area contributed by atoms with E-state index in [1.54, 1.807) is 31.6 Å². The van der Waals surface area contributed by atoms with Crippen molar-refractivity contribution in [1.29, 1.82) is 5.26 Å². The van der Waals surface area contributed by atoms with Gasteiger partial charge in [-0.2, -0.15) is 5.26 Å². The van der Waals surface area contributed by atoms with Gasteiger partial charge >= 0.3 is 0 Å². The Bertz CT molecular complexity index is 1050. The number of nitrogens with zero attached hydrogens (tertiary/aromatic N) is 4. The van der Waals surface area contributed by atoms with Crippen molar-refractivity contribution in [1.82, 2.24) is 15.2 Å². The number of amides is 2. The van der Waals surface area contributed by atoms with Crippen LogP contribution in [0.5, 0.6) is 0 Å². The number of carbonyl (C=O) groups is 2. The molecule has 2 N–H and O–H groups in total. The molecule has 0 spiro atoms. The fourth-order valence-electron chi connectivity index (χ4n) is 4.17. The van der Waals surface area contributed by atoms with Crippen LogP contribution in [0.3, 0.4) is 0 Å². The molecule has 9 nitrogen and oxygen atoms in total. The van der Waals surface area contributed by atoms with E-state index in [1.165, 1.54) is 9.80 Å². The number of methoxy groups -OCH3 is 1. The molecule has 0 radical (unpaired) electrons. The highest BCUT2D eigenvalue weighted by molar-refractivity contribution is 6.04. The highest BCUT2D eigenvalue weighted by Crippen LogP contribution is 2.33. The maximum atomic E-state index is 14.0. The zero-order valence-corrected chi connectivity index (χ0v) is 20.6. The lowest BCUT2D eigenvalue weighted by atomic mass is 9.87.